The number of cyclic esters (lactones) is 1. The van der Waals surface area contributed by atoms with Crippen LogP contribution in [0.5, 0.6) is 0 Å². The van der Waals surface area contributed by atoms with Crippen LogP contribution in [0.25, 0.3) is 0 Å². The Bertz CT molecular complexity index is 1810. The number of esters is 1. The van der Waals surface area contributed by atoms with Gasteiger partial charge in [-0.15, -0.1) is 0 Å². The Morgan fingerprint density at radius 3 is 2.28 bits per heavy atom. The highest BCUT2D eigenvalue weighted by molar-refractivity contribution is 7.89. The fraction of sp³-hybridized carbons (Fsp3) is 0.744. The molecular weight excluding hydrogens is 781 g/mol. The van der Waals surface area contributed by atoms with Gasteiger partial charge in [-0.1, -0.05) is 39.8 Å². The van der Waals surface area contributed by atoms with Crippen molar-refractivity contribution in [3.63, 3.8) is 0 Å². The molecule has 0 saturated carbocycles. The van der Waals surface area contributed by atoms with E-state index < -0.39 is 115 Å². The number of benzene rings is 1. The average molecular weight is 841 g/mol. The number of nitrogens with zero attached hydrogens (tertiary/aromatic N) is 3. The van der Waals surface area contributed by atoms with Gasteiger partial charge in [0.05, 0.1) is 28.8 Å². The Morgan fingerprint density at radius 1 is 1.05 bits per heavy atom. The van der Waals surface area contributed by atoms with Crippen LogP contribution in [0, 0.1) is 33.8 Å². The lowest BCUT2D eigenvalue weighted by molar-refractivity contribution is -0.387. The molecule has 4 rings (SSSR count). The first-order valence-electron chi connectivity index (χ1n) is 19.7. The first kappa shape index (κ1) is 47.1. The maximum Gasteiger partial charge on any atom is 0.410 e. The second kappa shape index (κ2) is 18.4. The Balaban J connectivity index is 1.74. The van der Waals surface area contributed by atoms with Gasteiger partial charge in [-0.05, 0) is 67.1 Å². The number of hydrogen-bond donors (Lipinski definition) is 2. The van der Waals surface area contributed by atoms with Crippen LogP contribution in [0.15, 0.2) is 29.2 Å². The fourth-order valence-electron chi connectivity index (χ4n) is 8.92. The van der Waals surface area contributed by atoms with Crippen LogP contribution < -0.4 is 4.72 Å². The molecule has 1 aromatic rings. The van der Waals surface area contributed by atoms with Gasteiger partial charge < -0.3 is 33.7 Å². The minimum Gasteiger partial charge on any atom is -0.458 e. The predicted molar refractivity (Wildman–Crippen MR) is 208 cm³/mol. The van der Waals surface area contributed by atoms with Crippen LogP contribution in [-0.4, -0.2) is 140 Å². The molecule has 2 N–H and O–H groups in total. The number of nitrogens with one attached hydrogen (secondary N) is 1. The lowest BCUT2D eigenvalue weighted by atomic mass is 9.73. The molecule has 19 heteroatoms. The number of rotatable bonds is 11. The molecule has 3 aliphatic rings. The third kappa shape index (κ3) is 9.40. The maximum atomic E-state index is 14.6. The normalized spacial score (nSPS) is 36.9. The van der Waals surface area contributed by atoms with E-state index in [1.165, 1.54) is 38.0 Å². The number of nitro groups is 1. The number of hydrogen-bond acceptors (Lipinski definition) is 15. The zero-order valence-corrected chi connectivity index (χ0v) is 36.0. The summed E-state index contributed by atoms with van der Waals surface area (Å²) in [6.07, 6.45) is -5.23. The van der Waals surface area contributed by atoms with E-state index in [-0.39, 0.29) is 37.3 Å². The van der Waals surface area contributed by atoms with Crippen molar-refractivity contribution in [2.24, 2.45) is 23.7 Å². The summed E-state index contributed by atoms with van der Waals surface area (Å²) in [7, 11) is 0.629. The summed E-state index contributed by atoms with van der Waals surface area (Å²) in [5.41, 5.74) is -3.68. The first-order chi connectivity index (χ1) is 26.9. The lowest BCUT2D eigenvalue weighted by Crippen LogP contribution is -2.60. The number of ketones is 2. The van der Waals surface area contributed by atoms with Gasteiger partial charge in [-0.2, -0.15) is 0 Å². The van der Waals surface area contributed by atoms with Crippen LogP contribution in [0.1, 0.15) is 74.7 Å². The Kier molecular flexibility index (Phi) is 14.9. The van der Waals surface area contributed by atoms with E-state index in [4.69, 9.17) is 23.7 Å². The topological polar surface area (TPSA) is 230 Å². The summed E-state index contributed by atoms with van der Waals surface area (Å²) in [6, 6.07) is 3.36. The van der Waals surface area contributed by atoms with Gasteiger partial charge in [0.15, 0.2) is 22.6 Å². The molecule has 3 aliphatic heterocycles. The van der Waals surface area contributed by atoms with E-state index in [1.807, 2.05) is 25.9 Å². The number of likely N-dealkylation sites (N-methyl/N-ethyl adjacent to an activating group) is 1. The van der Waals surface area contributed by atoms with E-state index in [0.717, 1.165) is 12.1 Å². The van der Waals surface area contributed by atoms with Gasteiger partial charge in [-0.3, -0.25) is 29.4 Å². The standard InChI is InChI=1S/C39H60N4O14S/c1-12-29-39(8)33(42(37(48)57-39)18-17-40-58(51,52)28-16-14-13-15-26(28)43(49)50)23(4)30(44)21(2)20-38(7,53-11)34(24(5)31(45)25(6)35(47)55-29)56-36-32(46)27(41(9)10)19-22(3)54-36/h13-16,21-25,27,29,32-34,36,40,46H,12,17-20H2,1-11H3/t21-,22-,23+,24-,25-,27+,29-,32-,33+,34-,36+,38-,39-/m1/s1. The molecule has 0 spiro atoms. The Labute approximate surface area is 340 Å². The molecule has 0 radical (unpaired) electrons. The number of methoxy groups -OCH3 is 1. The minimum atomic E-state index is -4.44. The second-order valence-corrected chi connectivity index (χ2v) is 18.2. The molecular formula is C39H60N4O14S. The number of fused-ring (bicyclic) bond motifs is 1. The van der Waals surface area contributed by atoms with Crippen molar-refractivity contribution in [3.05, 3.63) is 34.4 Å². The van der Waals surface area contributed by atoms with Gasteiger partial charge in [-0.25, -0.2) is 17.9 Å². The van der Waals surface area contributed by atoms with Crippen LogP contribution in [0.4, 0.5) is 10.5 Å². The fourth-order valence-corrected chi connectivity index (χ4v) is 10.1. The number of Topliss-reactive ketones (excluding diaryl/α,β-unsaturated/α-hetero) is 2. The largest absolute Gasteiger partial charge is 0.458 e. The highest BCUT2D eigenvalue weighted by Crippen LogP contribution is 2.43. The second-order valence-electron chi connectivity index (χ2n) is 16.5. The molecule has 1 amide bonds. The SMILES string of the molecule is CC[C@H]1OC(=O)[C@H](C)C(=O)[C@@H](C)[C@@H](O[C@@H]2O[C@H](C)C[C@H](N(C)C)[C@H]2O)[C@](C)(OC)C[C@@H](C)C(=O)[C@H](C)[C@@H]2N(CCNS(=O)(=O)c3ccccc3[N+](=O)[O-])C(=O)O[C@@]21C. The third-order valence-corrected chi connectivity index (χ3v) is 13.7. The van der Waals surface area contributed by atoms with Crippen molar-refractivity contribution in [2.75, 3.05) is 34.3 Å². The smallest absolute Gasteiger partial charge is 0.410 e. The average Bonchev–Trinajstić information content (AvgIpc) is 3.43. The van der Waals surface area contributed by atoms with Crippen molar-refractivity contribution in [1.82, 2.24) is 14.5 Å². The summed E-state index contributed by atoms with van der Waals surface area (Å²) in [6.45, 7) is 12.3. The predicted octanol–water partition coefficient (Wildman–Crippen LogP) is 3.08. The summed E-state index contributed by atoms with van der Waals surface area (Å²) in [5.74, 6) is -6.00. The zero-order chi connectivity index (χ0) is 43.7. The molecule has 58 heavy (non-hydrogen) atoms. The summed E-state index contributed by atoms with van der Waals surface area (Å²) < 4.78 is 59.5. The quantitative estimate of drug-likeness (QED) is 0.141. The Morgan fingerprint density at radius 2 is 1.69 bits per heavy atom. The molecule has 1 aromatic carbocycles. The van der Waals surface area contributed by atoms with Gasteiger partial charge >= 0.3 is 12.1 Å². The number of carbonyl (C=O) groups excluding carboxylic acids is 4. The number of nitro benzene ring substituents is 1. The monoisotopic (exact) mass is 840 g/mol. The number of carbonyl (C=O) groups is 4. The molecule has 3 saturated heterocycles. The molecule has 3 fully saturated rings. The molecule has 326 valence electrons. The molecule has 13 atom stereocenters. The minimum absolute atomic E-state index is 0.00559. The highest BCUT2D eigenvalue weighted by atomic mass is 32.2. The molecule has 0 aliphatic carbocycles. The zero-order valence-electron chi connectivity index (χ0n) is 35.2. The molecule has 0 aromatic heterocycles. The van der Waals surface area contributed by atoms with E-state index in [1.54, 1.807) is 34.6 Å². The van der Waals surface area contributed by atoms with E-state index in [2.05, 4.69) is 4.72 Å². The summed E-state index contributed by atoms with van der Waals surface area (Å²) in [5, 5.41) is 23.0. The van der Waals surface area contributed by atoms with Crippen molar-refractivity contribution in [1.29, 1.82) is 0 Å². The van der Waals surface area contributed by atoms with Crippen molar-refractivity contribution in [3.8, 4) is 0 Å². The first-order valence-corrected chi connectivity index (χ1v) is 21.1. The van der Waals surface area contributed by atoms with Crippen LogP contribution in [0.2, 0.25) is 0 Å². The number of para-hydroxylation sites is 1. The maximum absolute atomic E-state index is 14.6. The van der Waals surface area contributed by atoms with Crippen LogP contribution in [-0.2, 0) is 48.1 Å². The van der Waals surface area contributed by atoms with Crippen LogP contribution >= 0.6 is 0 Å². The van der Waals surface area contributed by atoms with E-state index in [9.17, 15) is 42.8 Å². The van der Waals surface area contributed by atoms with Crippen molar-refractivity contribution >= 4 is 39.3 Å². The van der Waals surface area contributed by atoms with Gasteiger partial charge in [0, 0.05) is 50.1 Å². The number of ether oxygens (including phenoxy) is 5. The number of amides is 1. The van der Waals surface area contributed by atoms with Gasteiger partial charge in [0.25, 0.3) is 5.69 Å². The molecule has 0 bridgehead atoms. The molecule has 3 heterocycles. The molecule has 18 nitrogen and oxygen atoms in total. The van der Waals surface area contributed by atoms with Gasteiger partial charge in [0.1, 0.15) is 23.9 Å². The van der Waals surface area contributed by atoms with Crippen LogP contribution in [0.3, 0.4) is 0 Å². The van der Waals surface area contributed by atoms with Crippen molar-refractivity contribution in [2.45, 2.75) is 134 Å². The van der Waals surface area contributed by atoms with Gasteiger partial charge in [0.2, 0.25) is 10.0 Å². The number of aliphatic hydroxyl groups is 1. The summed E-state index contributed by atoms with van der Waals surface area (Å²) >= 11 is 0. The third-order valence-electron chi connectivity index (χ3n) is 12.2. The highest BCUT2D eigenvalue weighted by Gasteiger charge is 2.60. The summed E-state index contributed by atoms with van der Waals surface area (Å²) in [4.78, 5) is 69.8. The van der Waals surface area contributed by atoms with E-state index in [0.29, 0.717) is 6.42 Å². The van der Waals surface area contributed by atoms with Crippen molar-refractivity contribution < 1.29 is 61.3 Å². The Hall–Kier alpha value is -3.59. The lowest BCUT2D eigenvalue weighted by Gasteiger charge is -2.47. The molecule has 0 unspecified atom stereocenters. The number of aliphatic hydroxyl groups excluding tert-OH is 1. The van der Waals surface area contributed by atoms with E-state index >= 15 is 0 Å². The number of sulfonamides is 1.